The van der Waals surface area contributed by atoms with Gasteiger partial charge < -0.3 is 10.5 Å². The van der Waals surface area contributed by atoms with Crippen LogP contribution >= 0.6 is 11.6 Å². The molecule has 0 aliphatic carbocycles. The molecule has 0 fully saturated rings. The minimum Gasteiger partial charge on any atom is -0.495 e. The zero-order chi connectivity index (χ0) is 15.6. The van der Waals surface area contributed by atoms with Crippen LogP contribution in [0.15, 0.2) is 29.1 Å². The Morgan fingerprint density at radius 3 is 2.71 bits per heavy atom. The number of ether oxygens (including phenoxy) is 1. The van der Waals surface area contributed by atoms with E-state index in [1.165, 1.54) is 4.68 Å². The molecule has 0 saturated heterocycles. The number of halogens is 1. The summed E-state index contributed by atoms with van der Waals surface area (Å²) in [5.41, 5.74) is 8.06. The molecular formula is C15H18ClN3O2. The summed E-state index contributed by atoms with van der Waals surface area (Å²) < 4.78 is 6.53. The molecule has 2 aromatic rings. The van der Waals surface area contributed by atoms with Crippen molar-refractivity contribution in [2.45, 2.75) is 26.4 Å². The molecule has 2 rings (SSSR count). The van der Waals surface area contributed by atoms with E-state index >= 15 is 0 Å². The van der Waals surface area contributed by atoms with E-state index in [1.807, 2.05) is 13.8 Å². The molecule has 1 heterocycles. The maximum absolute atomic E-state index is 12.3. The van der Waals surface area contributed by atoms with Gasteiger partial charge in [0.05, 0.1) is 23.9 Å². The lowest BCUT2D eigenvalue weighted by Crippen LogP contribution is -2.30. The summed E-state index contributed by atoms with van der Waals surface area (Å²) in [5.74, 6) is 0.574. The van der Waals surface area contributed by atoms with Crippen LogP contribution in [0.4, 0.5) is 0 Å². The second-order valence-corrected chi connectivity index (χ2v) is 5.14. The van der Waals surface area contributed by atoms with E-state index in [0.717, 1.165) is 11.3 Å². The van der Waals surface area contributed by atoms with Crippen molar-refractivity contribution in [1.29, 1.82) is 0 Å². The van der Waals surface area contributed by atoms with Crippen LogP contribution in [0.2, 0.25) is 5.02 Å². The number of nitrogens with zero attached hydrogens (tertiary/aromatic N) is 2. The Labute approximate surface area is 128 Å². The van der Waals surface area contributed by atoms with Crippen LogP contribution in [0.25, 0.3) is 0 Å². The molecule has 0 radical (unpaired) electrons. The minimum absolute atomic E-state index is 0.178. The Morgan fingerprint density at radius 1 is 1.43 bits per heavy atom. The van der Waals surface area contributed by atoms with Crippen molar-refractivity contribution >= 4 is 11.6 Å². The maximum Gasteiger partial charge on any atom is 0.271 e. The molecule has 1 aromatic heterocycles. The van der Waals surface area contributed by atoms with Gasteiger partial charge in [0, 0.05) is 12.1 Å². The molecule has 0 spiro atoms. The molecule has 1 atom stereocenters. The summed E-state index contributed by atoms with van der Waals surface area (Å²) in [4.78, 5) is 12.3. The van der Waals surface area contributed by atoms with Gasteiger partial charge in [-0.15, -0.1) is 0 Å². The van der Waals surface area contributed by atoms with Crippen LogP contribution in [0, 0.1) is 6.92 Å². The van der Waals surface area contributed by atoms with Gasteiger partial charge in [-0.3, -0.25) is 4.79 Å². The summed E-state index contributed by atoms with van der Waals surface area (Å²) in [6.07, 6.45) is 0. The number of benzene rings is 1. The summed E-state index contributed by atoms with van der Waals surface area (Å²) in [7, 11) is 1.55. The third kappa shape index (κ3) is 3.09. The Morgan fingerprint density at radius 2 is 2.14 bits per heavy atom. The molecule has 2 N–H and O–H groups in total. The topological polar surface area (TPSA) is 70.1 Å². The minimum atomic E-state index is -0.555. The van der Waals surface area contributed by atoms with Crippen LogP contribution in [-0.4, -0.2) is 16.9 Å². The largest absolute Gasteiger partial charge is 0.495 e. The van der Waals surface area contributed by atoms with Crippen molar-refractivity contribution in [2.75, 3.05) is 7.11 Å². The first kappa shape index (κ1) is 15.5. The lowest BCUT2D eigenvalue weighted by atomic mass is 10.0. The standard InChI is InChI=1S/C15H18ClN3O2/c1-4-19-15(20)11(7-9(2)18-19)14(17)10-5-6-13(21-3)12(16)8-10/h5-8,14H,4,17H2,1-3H3. The first-order valence-electron chi connectivity index (χ1n) is 6.65. The smallest absolute Gasteiger partial charge is 0.271 e. The van der Waals surface area contributed by atoms with Crippen LogP contribution in [-0.2, 0) is 6.54 Å². The third-order valence-corrected chi connectivity index (χ3v) is 3.59. The fourth-order valence-corrected chi connectivity index (χ4v) is 2.46. The van der Waals surface area contributed by atoms with Crippen molar-refractivity contribution in [1.82, 2.24) is 9.78 Å². The first-order chi connectivity index (χ1) is 9.97. The van der Waals surface area contributed by atoms with Crippen molar-refractivity contribution in [3.8, 4) is 5.75 Å². The summed E-state index contributed by atoms with van der Waals surface area (Å²) >= 11 is 6.11. The van der Waals surface area contributed by atoms with Gasteiger partial charge in [-0.1, -0.05) is 17.7 Å². The lowest BCUT2D eigenvalue weighted by molar-refractivity contribution is 0.415. The number of aromatic nitrogens is 2. The summed E-state index contributed by atoms with van der Waals surface area (Å²) in [6, 6.07) is 6.43. The zero-order valence-electron chi connectivity index (χ0n) is 12.3. The number of nitrogens with two attached hydrogens (primary N) is 1. The maximum atomic E-state index is 12.3. The summed E-state index contributed by atoms with van der Waals surface area (Å²) in [6.45, 7) is 4.21. The molecule has 0 saturated carbocycles. The average molecular weight is 308 g/mol. The lowest BCUT2D eigenvalue weighted by Gasteiger charge is -2.15. The highest BCUT2D eigenvalue weighted by atomic mass is 35.5. The quantitative estimate of drug-likeness (QED) is 0.941. The molecule has 0 amide bonds. The number of rotatable bonds is 4. The molecule has 1 unspecified atom stereocenters. The van der Waals surface area contributed by atoms with E-state index in [1.54, 1.807) is 31.4 Å². The predicted octanol–water partition coefficient (Wildman–Crippen LogP) is 2.28. The Balaban J connectivity index is 2.49. The molecule has 5 nitrogen and oxygen atoms in total. The van der Waals surface area contributed by atoms with E-state index in [-0.39, 0.29) is 5.56 Å². The summed E-state index contributed by atoms with van der Waals surface area (Å²) in [5, 5.41) is 4.64. The van der Waals surface area contributed by atoms with E-state index in [0.29, 0.717) is 22.9 Å². The van der Waals surface area contributed by atoms with Crippen molar-refractivity contribution in [3.05, 3.63) is 56.5 Å². The number of aryl methyl sites for hydroxylation is 2. The predicted molar refractivity (Wildman–Crippen MR) is 82.9 cm³/mol. The van der Waals surface area contributed by atoms with Crippen LogP contribution in [0.1, 0.15) is 29.8 Å². The SMILES string of the molecule is CCn1nc(C)cc(C(N)c2ccc(OC)c(Cl)c2)c1=O. The average Bonchev–Trinajstić information content (AvgIpc) is 2.48. The third-order valence-electron chi connectivity index (χ3n) is 3.29. The van der Waals surface area contributed by atoms with Crippen molar-refractivity contribution in [3.63, 3.8) is 0 Å². The monoisotopic (exact) mass is 307 g/mol. The van der Waals surface area contributed by atoms with E-state index in [2.05, 4.69) is 5.10 Å². The van der Waals surface area contributed by atoms with E-state index in [9.17, 15) is 4.79 Å². The molecular weight excluding hydrogens is 290 g/mol. The molecule has 0 aliphatic heterocycles. The van der Waals surface area contributed by atoms with Crippen molar-refractivity contribution in [2.24, 2.45) is 5.73 Å². The number of methoxy groups -OCH3 is 1. The molecule has 0 bridgehead atoms. The van der Waals surface area contributed by atoms with Crippen LogP contribution < -0.4 is 16.0 Å². The van der Waals surface area contributed by atoms with Crippen molar-refractivity contribution < 1.29 is 4.74 Å². The number of hydrogen-bond acceptors (Lipinski definition) is 4. The van der Waals surface area contributed by atoms with Gasteiger partial charge in [-0.2, -0.15) is 5.10 Å². The van der Waals surface area contributed by atoms with Gasteiger partial charge in [-0.05, 0) is 37.6 Å². The Bertz CT molecular complexity index is 713. The van der Waals surface area contributed by atoms with Gasteiger partial charge in [0.25, 0.3) is 5.56 Å². The molecule has 21 heavy (non-hydrogen) atoms. The van der Waals surface area contributed by atoms with Crippen LogP contribution in [0.3, 0.4) is 0 Å². The van der Waals surface area contributed by atoms with E-state index in [4.69, 9.17) is 22.1 Å². The van der Waals surface area contributed by atoms with Gasteiger partial charge in [0.1, 0.15) is 5.75 Å². The molecule has 6 heteroatoms. The van der Waals surface area contributed by atoms with Crippen LogP contribution in [0.5, 0.6) is 5.75 Å². The number of hydrogen-bond donors (Lipinski definition) is 1. The fraction of sp³-hybridized carbons (Fsp3) is 0.333. The van der Waals surface area contributed by atoms with Gasteiger partial charge in [0.15, 0.2) is 0 Å². The highest BCUT2D eigenvalue weighted by Gasteiger charge is 2.16. The molecule has 112 valence electrons. The second kappa shape index (κ2) is 6.28. The highest BCUT2D eigenvalue weighted by Crippen LogP contribution is 2.28. The van der Waals surface area contributed by atoms with Gasteiger partial charge in [-0.25, -0.2) is 4.68 Å². The zero-order valence-corrected chi connectivity index (χ0v) is 13.0. The molecule has 1 aromatic carbocycles. The van der Waals surface area contributed by atoms with Gasteiger partial charge >= 0.3 is 0 Å². The van der Waals surface area contributed by atoms with E-state index < -0.39 is 6.04 Å². The normalized spacial score (nSPS) is 12.2. The highest BCUT2D eigenvalue weighted by molar-refractivity contribution is 6.32. The fourth-order valence-electron chi connectivity index (χ4n) is 2.19. The van der Waals surface area contributed by atoms with Gasteiger partial charge in [0.2, 0.25) is 0 Å². The Kier molecular flexibility index (Phi) is 4.65. The molecule has 0 aliphatic rings. The first-order valence-corrected chi connectivity index (χ1v) is 7.03. The Hall–Kier alpha value is -1.85. The second-order valence-electron chi connectivity index (χ2n) is 4.73.